The molecule has 0 saturated carbocycles. The number of hydrogen-bond donors (Lipinski definition) is 1. The highest BCUT2D eigenvalue weighted by molar-refractivity contribution is 5.40. The highest BCUT2D eigenvalue weighted by atomic mass is 16.5. The summed E-state index contributed by atoms with van der Waals surface area (Å²) in [7, 11) is 0. The van der Waals surface area contributed by atoms with Gasteiger partial charge in [-0.05, 0) is 37.9 Å². The van der Waals surface area contributed by atoms with Crippen molar-refractivity contribution < 1.29 is 9.47 Å². The van der Waals surface area contributed by atoms with Crippen LogP contribution >= 0.6 is 0 Å². The molecule has 1 aliphatic rings. The Bertz CT molecular complexity index is 392. The molecule has 0 aromatic heterocycles. The molecule has 0 spiro atoms. The van der Waals surface area contributed by atoms with Crippen molar-refractivity contribution in [3.63, 3.8) is 0 Å². The molecule has 1 aromatic rings. The summed E-state index contributed by atoms with van der Waals surface area (Å²) in [6.07, 6.45) is 3.48. The molecule has 19 heavy (non-hydrogen) atoms. The van der Waals surface area contributed by atoms with Crippen LogP contribution in [0.4, 0.5) is 0 Å². The van der Waals surface area contributed by atoms with E-state index in [4.69, 9.17) is 9.47 Å². The van der Waals surface area contributed by atoms with Crippen molar-refractivity contribution >= 4 is 0 Å². The van der Waals surface area contributed by atoms with Gasteiger partial charge in [-0.25, -0.2) is 0 Å². The van der Waals surface area contributed by atoms with Gasteiger partial charge in [0.05, 0.1) is 0 Å². The van der Waals surface area contributed by atoms with Gasteiger partial charge in [0.15, 0.2) is 0 Å². The standard InChI is InChI=1S/C16H25NO2/c1-3-8-18-9-4-7-17-12-15-11-14-10-13(2)5-6-16(14)19-15/h5-6,10,15,17H,3-4,7-9,11-12H2,1-2H3. The molecule has 1 aliphatic heterocycles. The fourth-order valence-corrected chi connectivity index (χ4v) is 2.37. The molecule has 3 heteroatoms. The Labute approximate surface area is 116 Å². The zero-order valence-electron chi connectivity index (χ0n) is 12.1. The minimum Gasteiger partial charge on any atom is -0.488 e. The van der Waals surface area contributed by atoms with E-state index >= 15 is 0 Å². The number of hydrogen-bond acceptors (Lipinski definition) is 3. The van der Waals surface area contributed by atoms with Crippen LogP contribution in [0.15, 0.2) is 18.2 Å². The van der Waals surface area contributed by atoms with E-state index in [1.807, 2.05) is 0 Å². The topological polar surface area (TPSA) is 30.5 Å². The molecular weight excluding hydrogens is 238 g/mol. The van der Waals surface area contributed by atoms with Crippen molar-refractivity contribution in [3.8, 4) is 5.75 Å². The van der Waals surface area contributed by atoms with E-state index in [9.17, 15) is 0 Å². The molecule has 1 unspecified atom stereocenters. The third-order valence-electron chi connectivity index (χ3n) is 3.32. The number of aryl methyl sites for hydroxylation is 1. The number of benzene rings is 1. The van der Waals surface area contributed by atoms with Crippen molar-refractivity contribution in [1.29, 1.82) is 0 Å². The fraction of sp³-hybridized carbons (Fsp3) is 0.625. The lowest BCUT2D eigenvalue weighted by molar-refractivity contribution is 0.131. The molecule has 3 nitrogen and oxygen atoms in total. The molecule has 0 radical (unpaired) electrons. The van der Waals surface area contributed by atoms with E-state index in [-0.39, 0.29) is 6.10 Å². The van der Waals surface area contributed by atoms with Crippen LogP contribution in [0.2, 0.25) is 0 Å². The van der Waals surface area contributed by atoms with Crippen LogP contribution in [0.3, 0.4) is 0 Å². The van der Waals surface area contributed by atoms with E-state index in [1.54, 1.807) is 0 Å². The monoisotopic (exact) mass is 263 g/mol. The Morgan fingerprint density at radius 1 is 1.37 bits per heavy atom. The second-order valence-corrected chi connectivity index (χ2v) is 5.23. The molecule has 0 aliphatic carbocycles. The Hall–Kier alpha value is -1.06. The van der Waals surface area contributed by atoms with E-state index in [1.165, 1.54) is 11.1 Å². The van der Waals surface area contributed by atoms with E-state index in [2.05, 4.69) is 37.4 Å². The van der Waals surface area contributed by atoms with Crippen LogP contribution < -0.4 is 10.1 Å². The zero-order valence-corrected chi connectivity index (χ0v) is 12.1. The quantitative estimate of drug-likeness (QED) is 0.732. The van der Waals surface area contributed by atoms with Gasteiger partial charge < -0.3 is 14.8 Å². The lowest BCUT2D eigenvalue weighted by Crippen LogP contribution is -2.31. The van der Waals surface area contributed by atoms with Gasteiger partial charge in [0, 0.05) is 26.2 Å². The average molecular weight is 263 g/mol. The van der Waals surface area contributed by atoms with Crippen LogP contribution in [0.25, 0.3) is 0 Å². The Kier molecular flexibility index (Phi) is 5.67. The summed E-state index contributed by atoms with van der Waals surface area (Å²) in [4.78, 5) is 0. The third-order valence-corrected chi connectivity index (χ3v) is 3.32. The van der Waals surface area contributed by atoms with Crippen LogP contribution in [0.5, 0.6) is 5.75 Å². The third kappa shape index (κ3) is 4.51. The Balaban J connectivity index is 1.59. The molecule has 1 N–H and O–H groups in total. The van der Waals surface area contributed by atoms with Crippen molar-refractivity contribution in [2.24, 2.45) is 0 Å². The first kappa shape index (κ1) is 14.4. The molecule has 1 atom stereocenters. The summed E-state index contributed by atoms with van der Waals surface area (Å²) in [6.45, 7) is 7.91. The molecule has 0 saturated heterocycles. The van der Waals surface area contributed by atoms with Gasteiger partial charge in [0.25, 0.3) is 0 Å². The largest absolute Gasteiger partial charge is 0.488 e. The van der Waals surface area contributed by atoms with Crippen LogP contribution in [-0.2, 0) is 11.2 Å². The molecular formula is C16H25NO2. The van der Waals surface area contributed by atoms with Crippen LogP contribution in [0.1, 0.15) is 30.9 Å². The Morgan fingerprint density at radius 2 is 2.26 bits per heavy atom. The van der Waals surface area contributed by atoms with E-state index in [0.717, 1.165) is 51.3 Å². The fourth-order valence-electron chi connectivity index (χ4n) is 2.37. The molecule has 0 bridgehead atoms. The van der Waals surface area contributed by atoms with Crippen molar-refractivity contribution in [2.45, 2.75) is 39.2 Å². The summed E-state index contributed by atoms with van der Waals surface area (Å²) in [5.74, 6) is 1.06. The summed E-state index contributed by atoms with van der Waals surface area (Å²) in [6, 6.07) is 6.43. The number of rotatable bonds is 8. The first-order valence-electron chi connectivity index (χ1n) is 7.34. The van der Waals surface area contributed by atoms with Gasteiger partial charge >= 0.3 is 0 Å². The maximum atomic E-state index is 5.91. The normalized spacial score (nSPS) is 17.3. The lowest BCUT2D eigenvalue weighted by Gasteiger charge is -2.11. The minimum atomic E-state index is 0.286. The van der Waals surface area contributed by atoms with Crippen molar-refractivity contribution in [3.05, 3.63) is 29.3 Å². The molecule has 0 fully saturated rings. The van der Waals surface area contributed by atoms with Gasteiger partial charge in [-0.15, -0.1) is 0 Å². The number of nitrogens with one attached hydrogen (secondary N) is 1. The maximum absolute atomic E-state index is 5.91. The van der Waals surface area contributed by atoms with Crippen molar-refractivity contribution in [2.75, 3.05) is 26.3 Å². The number of ether oxygens (including phenoxy) is 2. The molecule has 1 heterocycles. The van der Waals surface area contributed by atoms with Gasteiger partial charge in [0.1, 0.15) is 11.9 Å². The van der Waals surface area contributed by atoms with Gasteiger partial charge in [-0.2, -0.15) is 0 Å². The van der Waals surface area contributed by atoms with Crippen molar-refractivity contribution in [1.82, 2.24) is 5.32 Å². The average Bonchev–Trinajstić information content (AvgIpc) is 2.79. The summed E-state index contributed by atoms with van der Waals surface area (Å²) < 4.78 is 11.4. The smallest absolute Gasteiger partial charge is 0.123 e. The SMILES string of the molecule is CCCOCCCNCC1Cc2cc(C)ccc2O1. The lowest BCUT2D eigenvalue weighted by atomic mass is 10.1. The van der Waals surface area contributed by atoms with E-state index in [0.29, 0.717) is 0 Å². The summed E-state index contributed by atoms with van der Waals surface area (Å²) in [5.41, 5.74) is 2.65. The predicted molar refractivity (Wildman–Crippen MR) is 77.9 cm³/mol. The Morgan fingerprint density at radius 3 is 3.11 bits per heavy atom. The first-order chi connectivity index (χ1) is 9.29. The summed E-state index contributed by atoms with van der Waals surface area (Å²) >= 11 is 0. The summed E-state index contributed by atoms with van der Waals surface area (Å²) in [5, 5.41) is 3.45. The number of fused-ring (bicyclic) bond motifs is 1. The molecule has 1 aromatic carbocycles. The molecule has 2 rings (SSSR count). The molecule has 0 amide bonds. The maximum Gasteiger partial charge on any atom is 0.123 e. The highest BCUT2D eigenvalue weighted by Gasteiger charge is 2.21. The minimum absolute atomic E-state index is 0.286. The second-order valence-electron chi connectivity index (χ2n) is 5.23. The zero-order chi connectivity index (χ0) is 13.5. The van der Waals surface area contributed by atoms with Gasteiger partial charge in [-0.1, -0.05) is 24.6 Å². The highest BCUT2D eigenvalue weighted by Crippen LogP contribution is 2.29. The first-order valence-corrected chi connectivity index (χ1v) is 7.34. The van der Waals surface area contributed by atoms with E-state index < -0.39 is 0 Å². The predicted octanol–water partition coefficient (Wildman–Crippen LogP) is 2.70. The van der Waals surface area contributed by atoms with Crippen LogP contribution in [-0.4, -0.2) is 32.4 Å². The van der Waals surface area contributed by atoms with Gasteiger partial charge in [0.2, 0.25) is 0 Å². The van der Waals surface area contributed by atoms with Gasteiger partial charge in [-0.3, -0.25) is 0 Å². The molecule has 106 valence electrons. The second kappa shape index (κ2) is 7.51. The van der Waals surface area contributed by atoms with Crippen LogP contribution in [0, 0.1) is 6.92 Å².